The number of hydrogen-bond donors (Lipinski definition) is 1. The highest BCUT2D eigenvalue weighted by atomic mass is 16.1. The van der Waals surface area contributed by atoms with Crippen molar-refractivity contribution in [2.45, 2.75) is 26.3 Å². The first-order chi connectivity index (χ1) is 10.1. The summed E-state index contributed by atoms with van der Waals surface area (Å²) in [6.45, 7) is 6.41. The van der Waals surface area contributed by atoms with Crippen molar-refractivity contribution in [3.63, 3.8) is 0 Å². The standard InChI is InChI=1S/C17H19N3O/c1-4-12-20-15-9-6-5-8-14(15)19-16(20)10-7-11-18-17(21)13(2)3/h1,5-6,8-9H,2,7,10-12H2,3H3,(H,18,21). The Morgan fingerprint density at radius 3 is 2.95 bits per heavy atom. The molecule has 1 amide bonds. The van der Waals surface area contributed by atoms with Gasteiger partial charge in [-0.05, 0) is 25.5 Å². The van der Waals surface area contributed by atoms with Gasteiger partial charge in [0.2, 0.25) is 5.91 Å². The van der Waals surface area contributed by atoms with Crippen molar-refractivity contribution in [2.24, 2.45) is 0 Å². The van der Waals surface area contributed by atoms with E-state index in [0.29, 0.717) is 18.7 Å². The number of rotatable bonds is 6. The molecule has 0 aliphatic carbocycles. The van der Waals surface area contributed by atoms with Gasteiger partial charge >= 0.3 is 0 Å². The molecule has 0 aliphatic heterocycles. The summed E-state index contributed by atoms with van der Waals surface area (Å²) in [6.07, 6.45) is 7.03. The number of carbonyl (C=O) groups excluding carboxylic acids is 1. The molecule has 0 aliphatic rings. The average Bonchev–Trinajstić information content (AvgIpc) is 2.82. The zero-order chi connectivity index (χ0) is 15.2. The number of hydrogen-bond acceptors (Lipinski definition) is 2. The van der Waals surface area contributed by atoms with Crippen LogP contribution in [-0.4, -0.2) is 22.0 Å². The average molecular weight is 281 g/mol. The minimum absolute atomic E-state index is 0.105. The number of aromatic nitrogens is 2. The van der Waals surface area contributed by atoms with Gasteiger partial charge in [-0.2, -0.15) is 0 Å². The van der Waals surface area contributed by atoms with Crippen molar-refractivity contribution in [3.05, 3.63) is 42.2 Å². The van der Waals surface area contributed by atoms with Crippen LogP contribution < -0.4 is 5.32 Å². The van der Waals surface area contributed by atoms with Crippen LogP contribution in [0, 0.1) is 12.3 Å². The third kappa shape index (κ3) is 3.51. The van der Waals surface area contributed by atoms with Crippen LogP contribution in [0.4, 0.5) is 0 Å². The van der Waals surface area contributed by atoms with Crippen LogP contribution in [0.2, 0.25) is 0 Å². The number of para-hydroxylation sites is 2. The minimum Gasteiger partial charge on any atom is -0.352 e. The van der Waals surface area contributed by atoms with Crippen LogP contribution in [0.3, 0.4) is 0 Å². The molecule has 4 heteroatoms. The van der Waals surface area contributed by atoms with Gasteiger partial charge in [0, 0.05) is 18.5 Å². The van der Waals surface area contributed by atoms with Gasteiger partial charge in [-0.1, -0.05) is 24.6 Å². The van der Waals surface area contributed by atoms with Gasteiger partial charge in [-0.3, -0.25) is 4.79 Å². The van der Waals surface area contributed by atoms with Crippen molar-refractivity contribution in [1.29, 1.82) is 0 Å². The van der Waals surface area contributed by atoms with E-state index in [1.165, 1.54) is 0 Å². The van der Waals surface area contributed by atoms with E-state index in [-0.39, 0.29) is 5.91 Å². The summed E-state index contributed by atoms with van der Waals surface area (Å²) in [6, 6.07) is 7.95. The molecule has 1 heterocycles. The predicted octanol–water partition coefficient (Wildman–Crippen LogP) is 2.29. The van der Waals surface area contributed by atoms with Crippen molar-refractivity contribution in [2.75, 3.05) is 6.54 Å². The molecular weight excluding hydrogens is 262 g/mol. The highest BCUT2D eigenvalue weighted by Gasteiger charge is 2.09. The van der Waals surface area contributed by atoms with Crippen LogP contribution in [0.5, 0.6) is 0 Å². The Morgan fingerprint density at radius 1 is 1.48 bits per heavy atom. The third-order valence-electron chi connectivity index (χ3n) is 3.23. The molecule has 0 radical (unpaired) electrons. The zero-order valence-electron chi connectivity index (χ0n) is 12.2. The topological polar surface area (TPSA) is 46.9 Å². The fraction of sp³-hybridized carbons (Fsp3) is 0.294. The molecule has 0 saturated heterocycles. The lowest BCUT2D eigenvalue weighted by molar-refractivity contribution is -0.117. The fourth-order valence-electron chi connectivity index (χ4n) is 2.18. The number of benzene rings is 1. The first kappa shape index (κ1) is 14.9. The summed E-state index contributed by atoms with van der Waals surface area (Å²) >= 11 is 0. The van der Waals surface area contributed by atoms with Gasteiger partial charge in [0.25, 0.3) is 0 Å². The second-order valence-electron chi connectivity index (χ2n) is 4.95. The van der Waals surface area contributed by atoms with E-state index >= 15 is 0 Å². The second-order valence-corrected chi connectivity index (χ2v) is 4.95. The van der Waals surface area contributed by atoms with Crippen LogP contribution in [0.25, 0.3) is 11.0 Å². The molecule has 108 valence electrons. The molecule has 1 aromatic carbocycles. The summed E-state index contributed by atoms with van der Waals surface area (Å²) < 4.78 is 2.05. The fourth-order valence-corrected chi connectivity index (χ4v) is 2.18. The van der Waals surface area contributed by atoms with E-state index in [0.717, 1.165) is 29.7 Å². The molecule has 0 saturated carbocycles. The molecule has 0 fully saturated rings. The third-order valence-corrected chi connectivity index (χ3v) is 3.23. The van der Waals surface area contributed by atoms with Gasteiger partial charge in [-0.15, -0.1) is 6.42 Å². The van der Waals surface area contributed by atoms with Crippen LogP contribution >= 0.6 is 0 Å². The largest absolute Gasteiger partial charge is 0.352 e. The van der Waals surface area contributed by atoms with Crippen LogP contribution in [0.15, 0.2) is 36.4 Å². The molecule has 4 nitrogen and oxygen atoms in total. The predicted molar refractivity (Wildman–Crippen MR) is 84.7 cm³/mol. The number of imidazole rings is 1. The molecule has 0 spiro atoms. The van der Waals surface area contributed by atoms with E-state index in [1.54, 1.807) is 6.92 Å². The second kappa shape index (κ2) is 6.76. The minimum atomic E-state index is -0.105. The molecule has 0 atom stereocenters. The Morgan fingerprint density at radius 2 is 2.24 bits per heavy atom. The van der Waals surface area contributed by atoms with Gasteiger partial charge in [0.1, 0.15) is 5.82 Å². The molecule has 0 unspecified atom stereocenters. The lowest BCUT2D eigenvalue weighted by Gasteiger charge is -2.06. The number of nitrogens with zero attached hydrogens (tertiary/aromatic N) is 2. The molecule has 1 aromatic heterocycles. The van der Waals surface area contributed by atoms with Crippen LogP contribution in [-0.2, 0) is 17.8 Å². The first-order valence-corrected chi connectivity index (χ1v) is 6.95. The van der Waals surface area contributed by atoms with Crippen molar-refractivity contribution in [3.8, 4) is 12.3 Å². The SMILES string of the molecule is C#CCn1c(CCCNC(=O)C(=C)C)nc2ccccc21. The smallest absolute Gasteiger partial charge is 0.246 e. The van der Waals surface area contributed by atoms with Crippen molar-refractivity contribution in [1.82, 2.24) is 14.9 Å². The number of terminal acetylenes is 1. The Hall–Kier alpha value is -2.54. The van der Waals surface area contributed by atoms with Crippen molar-refractivity contribution < 1.29 is 4.79 Å². The maximum atomic E-state index is 11.4. The number of fused-ring (bicyclic) bond motifs is 1. The highest BCUT2D eigenvalue weighted by molar-refractivity contribution is 5.92. The maximum absolute atomic E-state index is 11.4. The molecule has 0 bridgehead atoms. The Bertz CT molecular complexity index is 706. The van der Waals surface area contributed by atoms with Gasteiger partial charge in [0.05, 0.1) is 17.6 Å². The summed E-state index contributed by atoms with van der Waals surface area (Å²) in [5.74, 6) is 3.52. The number of carbonyl (C=O) groups is 1. The van der Waals surface area contributed by atoms with Gasteiger partial charge in [0.15, 0.2) is 0 Å². The van der Waals surface area contributed by atoms with E-state index in [1.807, 2.05) is 24.3 Å². The monoisotopic (exact) mass is 281 g/mol. The molecule has 2 aromatic rings. The summed E-state index contributed by atoms with van der Waals surface area (Å²) in [5, 5.41) is 2.82. The molecular formula is C17H19N3O. The summed E-state index contributed by atoms with van der Waals surface area (Å²) in [7, 11) is 0. The Balaban J connectivity index is 2.04. The molecule has 21 heavy (non-hydrogen) atoms. The lowest BCUT2D eigenvalue weighted by Crippen LogP contribution is -2.25. The lowest BCUT2D eigenvalue weighted by atomic mass is 10.2. The number of amides is 1. The summed E-state index contributed by atoms with van der Waals surface area (Å²) in [5.41, 5.74) is 2.53. The zero-order valence-corrected chi connectivity index (χ0v) is 12.2. The summed E-state index contributed by atoms with van der Waals surface area (Å²) in [4.78, 5) is 16.0. The molecule has 1 N–H and O–H groups in total. The van der Waals surface area contributed by atoms with Gasteiger partial charge in [-0.25, -0.2) is 4.98 Å². The Kier molecular flexibility index (Phi) is 4.78. The quantitative estimate of drug-likeness (QED) is 0.502. The van der Waals surface area contributed by atoms with E-state index in [4.69, 9.17) is 6.42 Å². The highest BCUT2D eigenvalue weighted by Crippen LogP contribution is 2.16. The molecule has 2 rings (SSSR count). The number of aryl methyl sites for hydroxylation is 1. The first-order valence-electron chi connectivity index (χ1n) is 6.95. The van der Waals surface area contributed by atoms with E-state index < -0.39 is 0 Å². The number of nitrogens with one attached hydrogen (secondary N) is 1. The normalized spacial score (nSPS) is 10.3. The van der Waals surface area contributed by atoms with E-state index in [9.17, 15) is 4.79 Å². The van der Waals surface area contributed by atoms with Crippen molar-refractivity contribution >= 4 is 16.9 Å². The van der Waals surface area contributed by atoms with E-state index in [2.05, 4.69) is 27.4 Å². The van der Waals surface area contributed by atoms with Crippen LogP contribution in [0.1, 0.15) is 19.2 Å². The Labute approximate surface area is 124 Å². The maximum Gasteiger partial charge on any atom is 0.246 e. The van der Waals surface area contributed by atoms with Gasteiger partial charge < -0.3 is 9.88 Å².